The van der Waals surface area contributed by atoms with Crippen LogP contribution in [0, 0.1) is 5.41 Å². The molecule has 1 aliphatic heterocycles. The van der Waals surface area contributed by atoms with E-state index in [0.717, 1.165) is 24.3 Å². The van der Waals surface area contributed by atoms with E-state index < -0.39 is 17.5 Å². The lowest BCUT2D eigenvalue weighted by Crippen LogP contribution is -2.38. The average molecular weight is 717 g/mol. The number of aliphatic imine (C=N–C) groups is 1. The van der Waals surface area contributed by atoms with Crippen molar-refractivity contribution in [1.82, 2.24) is 20.2 Å². The number of hydrogen-bond acceptors (Lipinski definition) is 10. The van der Waals surface area contributed by atoms with E-state index in [1.807, 2.05) is 65.0 Å². The molecule has 3 N–H and O–H groups in total. The molecule has 2 atom stereocenters. The van der Waals surface area contributed by atoms with Gasteiger partial charge < -0.3 is 30.1 Å². The van der Waals surface area contributed by atoms with Crippen LogP contribution in [0.4, 0.5) is 17.1 Å². The number of unbranched alkanes of at least 4 members (excludes halogenated alkanes) is 1. The topological polar surface area (TPSA) is 173 Å². The second-order valence-electron chi connectivity index (χ2n) is 13.9. The molecule has 2 unspecified atom stereocenters. The van der Waals surface area contributed by atoms with Crippen LogP contribution in [0.2, 0.25) is 0 Å². The minimum Gasteiger partial charge on any atom is -0.494 e. The van der Waals surface area contributed by atoms with E-state index in [2.05, 4.69) is 27.6 Å². The van der Waals surface area contributed by atoms with Crippen molar-refractivity contribution in [2.24, 2.45) is 15.5 Å². The molecule has 0 radical (unpaired) electrons. The van der Waals surface area contributed by atoms with Crippen LogP contribution >= 0.6 is 0 Å². The van der Waals surface area contributed by atoms with E-state index in [1.165, 1.54) is 11.7 Å². The molecule has 0 bridgehead atoms. The minimum atomic E-state index is -0.838. The molecule has 0 aliphatic carbocycles. The minimum absolute atomic E-state index is 0.0711. The number of aromatic nitrogens is 3. The Morgan fingerprint density at radius 3 is 2.38 bits per heavy atom. The van der Waals surface area contributed by atoms with Gasteiger partial charge in [0.15, 0.2) is 11.9 Å². The van der Waals surface area contributed by atoms with E-state index >= 15 is 0 Å². The molecule has 1 aromatic heterocycles. The number of carbonyl (C=O) groups is 3. The Morgan fingerprint density at radius 1 is 1.04 bits per heavy atom. The highest BCUT2D eigenvalue weighted by Gasteiger charge is 2.35. The fourth-order valence-electron chi connectivity index (χ4n) is 5.42. The Kier molecular flexibility index (Phi) is 13.5. The summed E-state index contributed by atoms with van der Waals surface area (Å²) < 4.78 is 11.6. The lowest BCUT2D eigenvalue weighted by atomic mass is 9.87. The van der Waals surface area contributed by atoms with Crippen molar-refractivity contribution in [2.75, 3.05) is 36.5 Å². The van der Waals surface area contributed by atoms with E-state index in [0.29, 0.717) is 66.3 Å². The summed E-state index contributed by atoms with van der Waals surface area (Å²) in [5.41, 5.74) is 2.66. The van der Waals surface area contributed by atoms with Gasteiger partial charge in [-0.1, -0.05) is 41.0 Å². The molecule has 1 aliphatic rings. The lowest BCUT2D eigenvalue weighted by molar-refractivity contribution is -0.137. The quantitative estimate of drug-likeness (QED) is 0.130. The standard InChI is InChI=1S/C38H52N8O6/c1-9-11-21-51-28-15-17-29(18-16-28)52-25(4)37(50)39-23-24(3)35-42-36-33(34(38(6,7)8)43-46(36)44-35)41-30-19-14-27(22-31(30)40-26(5)47)45(10-2)20-12-13-32(48)49/h14-19,22,24-25H,9-13,20-21,23H2,1-8H3,(H,39,50)(H,40,47)(H,48,49)/b41-33-. The Hall–Kier alpha value is -5.27. The van der Waals surface area contributed by atoms with Crippen LogP contribution in [0.25, 0.3) is 0 Å². The van der Waals surface area contributed by atoms with Gasteiger partial charge in [-0.3, -0.25) is 14.4 Å². The van der Waals surface area contributed by atoms with Gasteiger partial charge in [0, 0.05) is 50.0 Å². The van der Waals surface area contributed by atoms with Crippen molar-refractivity contribution in [1.29, 1.82) is 0 Å². The number of amides is 2. The first-order chi connectivity index (χ1) is 24.7. The SMILES string of the molecule is CCCCOc1ccc(OC(C)C(=O)NCC(C)c2nc3n(n2)N=C(C(C)(C)C)/C3=N/c2ccc(N(CC)CCCC(=O)O)cc2NC(C)=O)cc1. The van der Waals surface area contributed by atoms with Gasteiger partial charge in [-0.05, 0) is 69.2 Å². The molecule has 2 aromatic carbocycles. The van der Waals surface area contributed by atoms with Crippen molar-refractivity contribution in [2.45, 2.75) is 93.1 Å². The van der Waals surface area contributed by atoms with Crippen molar-refractivity contribution < 1.29 is 29.0 Å². The summed E-state index contributed by atoms with van der Waals surface area (Å²) in [7, 11) is 0. The zero-order valence-electron chi connectivity index (χ0n) is 31.5. The fourth-order valence-corrected chi connectivity index (χ4v) is 5.42. The van der Waals surface area contributed by atoms with Crippen LogP contribution < -0.4 is 25.0 Å². The first kappa shape index (κ1) is 39.5. The lowest BCUT2D eigenvalue weighted by Gasteiger charge is -2.24. The average Bonchev–Trinajstić information content (AvgIpc) is 3.66. The van der Waals surface area contributed by atoms with Gasteiger partial charge >= 0.3 is 5.97 Å². The number of rotatable bonds is 18. The maximum absolute atomic E-state index is 12.9. The summed E-state index contributed by atoms with van der Waals surface area (Å²) >= 11 is 0. The highest BCUT2D eigenvalue weighted by atomic mass is 16.5. The van der Waals surface area contributed by atoms with Crippen molar-refractivity contribution in [3.05, 3.63) is 54.1 Å². The van der Waals surface area contributed by atoms with Crippen molar-refractivity contribution in [3.8, 4) is 11.5 Å². The molecular weight excluding hydrogens is 664 g/mol. The maximum Gasteiger partial charge on any atom is 0.303 e. The fraction of sp³-hybridized carbons (Fsp3) is 0.500. The van der Waals surface area contributed by atoms with Crippen LogP contribution in [0.15, 0.2) is 52.6 Å². The second-order valence-corrected chi connectivity index (χ2v) is 13.9. The van der Waals surface area contributed by atoms with E-state index in [1.54, 1.807) is 19.1 Å². The molecule has 4 rings (SSSR count). The Bertz CT molecular complexity index is 1780. The molecule has 14 nitrogen and oxygen atoms in total. The first-order valence-electron chi connectivity index (χ1n) is 17.9. The largest absolute Gasteiger partial charge is 0.494 e. The number of aliphatic carboxylic acids is 1. The second kappa shape index (κ2) is 17.8. The Labute approximate surface area is 305 Å². The maximum atomic E-state index is 12.9. The summed E-state index contributed by atoms with van der Waals surface area (Å²) in [6, 6.07) is 12.8. The molecule has 2 heterocycles. The molecule has 0 saturated carbocycles. The third-order valence-electron chi connectivity index (χ3n) is 8.33. The van der Waals surface area contributed by atoms with Gasteiger partial charge in [-0.25, -0.2) is 9.98 Å². The number of nitrogens with one attached hydrogen (secondary N) is 2. The highest BCUT2D eigenvalue weighted by Crippen LogP contribution is 2.34. The van der Waals surface area contributed by atoms with Crippen molar-refractivity contribution in [3.63, 3.8) is 0 Å². The number of benzene rings is 2. The number of nitrogens with zero attached hydrogens (tertiary/aromatic N) is 6. The molecule has 14 heteroatoms. The van der Waals surface area contributed by atoms with E-state index in [4.69, 9.17) is 29.7 Å². The summed E-state index contributed by atoms with van der Waals surface area (Å²) in [5, 5.41) is 24.3. The molecule has 2 amide bonds. The highest BCUT2D eigenvalue weighted by molar-refractivity contribution is 6.50. The predicted molar refractivity (Wildman–Crippen MR) is 202 cm³/mol. The van der Waals surface area contributed by atoms with Gasteiger partial charge in [0.25, 0.3) is 5.91 Å². The number of carboxylic acids is 1. The Morgan fingerprint density at radius 2 is 1.75 bits per heavy atom. The number of carboxylic acid groups (broad SMARTS) is 1. The number of carbonyl (C=O) groups excluding carboxylic acids is 2. The first-order valence-corrected chi connectivity index (χ1v) is 17.9. The zero-order valence-corrected chi connectivity index (χ0v) is 31.5. The van der Waals surface area contributed by atoms with Gasteiger partial charge in [0.05, 0.1) is 23.7 Å². The third kappa shape index (κ3) is 10.6. The smallest absolute Gasteiger partial charge is 0.303 e. The van der Waals surface area contributed by atoms with Crippen LogP contribution in [-0.4, -0.2) is 81.5 Å². The van der Waals surface area contributed by atoms with Crippen LogP contribution in [0.5, 0.6) is 11.5 Å². The van der Waals surface area contributed by atoms with Gasteiger partial charge in [0.2, 0.25) is 11.7 Å². The molecule has 0 saturated heterocycles. The monoisotopic (exact) mass is 716 g/mol. The predicted octanol–water partition coefficient (Wildman–Crippen LogP) is 6.18. The summed E-state index contributed by atoms with van der Waals surface area (Å²) in [6.07, 6.45) is 1.88. The normalized spacial score (nSPS) is 14.3. The summed E-state index contributed by atoms with van der Waals surface area (Å²) in [6.45, 7) is 17.4. The van der Waals surface area contributed by atoms with Crippen LogP contribution in [0.1, 0.15) is 98.6 Å². The van der Waals surface area contributed by atoms with Crippen LogP contribution in [0.3, 0.4) is 0 Å². The molecule has 0 fully saturated rings. The van der Waals surface area contributed by atoms with E-state index in [9.17, 15) is 14.4 Å². The number of anilines is 2. The molecular formula is C38H52N8O6. The van der Waals surface area contributed by atoms with Crippen molar-refractivity contribution >= 4 is 46.3 Å². The molecule has 3 aromatic rings. The zero-order chi connectivity index (χ0) is 38.0. The summed E-state index contributed by atoms with van der Waals surface area (Å²) in [4.78, 5) is 49.6. The van der Waals surface area contributed by atoms with Gasteiger partial charge in [-0.15, -0.1) is 9.89 Å². The van der Waals surface area contributed by atoms with Gasteiger partial charge in [-0.2, -0.15) is 5.10 Å². The number of hydrogen-bond donors (Lipinski definition) is 3. The van der Waals surface area contributed by atoms with E-state index in [-0.39, 0.29) is 30.7 Å². The summed E-state index contributed by atoms with van der Waals surface area (Å²) in [5.74, 6) is 0.663. The Balaban J connectivity index is 1.50. The third-order valence-corrected chi connectivity index (χ3v) is 8.33. The molecule has 52 heavy (non-hydrogen) atoms. The van der Waals surface area contributed by atoms with Gasteiger partial charge in [0.1, 0.15) is 17.2 Å². The number of fused-ring (bicyclic) bond motifs is 1. The number of ether oxygens (including phenoxy) is 2. The molecule has 0 spiro atoms. The molecule has 280 valence electrons. The van der Waals surface area contributed by atoms with Crippen LogP contribution in [-0.2, 0) is 14.4 Å².